The summed E-state index contributed by atoms with van der Waals surface area (Å²) in [5.74, 6) is 0. The van der Waals surface area contributed by atoms with Crippen LogP contribution in [0.15, 0.2) is 54.6 Å². The van der Waals surface area contributed by atoms with Crippen molar-refractivity contribution < 1.29 is 4.74 Å². The van der Waals surface area contributed by atoms with E-state index in [4.69, 9.17) is 4.74 Å². The molecular weight excluding hydrogens is 208 g/mol. The standard InChI is InChI=1S/C16H18O/c1-3-17-16(14-7-5-4-6-8-14)15-11-9-13(2)10-12-15/h4-12,16H,3H2,1-2H3. The van der Waals surface area contributed by atoms with Crippen LogP contribution in [0.5, 0.6) is 0 Å². The fourth-order valence-electron chi connectivity index (χ4n) is 1.92. The Balaban J connectivity index is 2.32. The predicted molar refractivity (Wildman–Crippen MR) is 71.1 cm³/mol. The van der Waals surface area contributed by atoms with Gasteiger partial charge in [-0.15, -0.1) is 0 Å². The third-order valence-corrected chi connectivity index (χ3v) is 2.82. The summed E-state index contributed by atoms with van der Waals surface area (Å²) in [6, 6.07) is 18.9. The number of ether oxygens (including phenoxy) is 1. The third kappa shape index (κ3) is 2.95. The van der Waals surface area contributed by atoms with Crippen LogP contribution < -0.4 is 0 Å². The lowest BCUT2D eigenvalue weighted by Gasteiger charge is -2.18. The molecule has 0 aliphatic rings. The molecule has 2 rings (SSSR count). The number of benzene rings is 2. The van der Waals surface area contributed by atoms with E-state index in [0.717, 1.165) is 0 Å². The first-order valence-corrected chi connectivity index (χ1v) is 6.04. The molecule has 1 heteroatoms. The fraction of sp³-hybridized carbons (Fsp3) is 0.250. The zero-order valence-electron chi connectivity index (χ0n) is 10.4. The van der Waals surface area contributed by atoms with Gasteiger partial charge in [-0.05, 0) is 25.0 Å². The average Bonchev–Trinajstić information content (AvgIpc) is 2.38. The van der Waals surface area contributed by atoms with E-state index in [1.165, 1.54) is 16.7 Å². The minimum Gasteiger partial charge on any atom is -0.369 e. The van der Waals surface area contributed by atoms with Crippen LogP contribution in [0.2, 0.25) is 0 Å². The minimum absolute atomic E-state index is 0.0433. The third-order valence-electron chi connectivity index (χ3n) is 2.82. The van der Waals surface area contributed by atoms with Crippen LogP contribution in [0, 0.1) is 6.92 Å². The molecule has 0 saturated heterocycles. The summed E-state index contributed by atoms with van der Waals surface area (Å²) in [6.07, 6.45) is 0.0433. The second-order valence-corrected chi connectivity index (χ2v) is 4.16. The van der Waals surface area contributed by atoms with Gasteiger partial charge in [0.05, 0.1) is 0 Å². The van der Waals surface area contributed by atoms with Crippen LogP contribution in [0.1, 0.15) is 29.7 Å². The molecule has 0 aromatic heterocycles. The molecule has 0 radical (unpaired) electrons. The molecular formula is C16H18O. The molecule has 2 aromatic carbocycles. The first kappa shape index (κ1) is 11.9. The van der Waals surface area contributed by atoms with Crippen molar-refractivity contribution >= 4 is 0 Å². The summed E-state index contributed by atoms with van der Waals surface area (Å²) < 4.78 is 5.85. The topological polar surface area (TPSA) is 9.23 Å². The van der Waals surface area contributed by atoms with Crippen molar-refractivity contribution in [2.75, 3.05) is 6.61 Å². The molecule has 0 aliphatic heterocycles. The normalized spacial score (nSPS) is 12.4. The molecule has 17 heavy (non-hydrogen) atoms. The van der Waals surface area contributed by atoms with Crippen LogP contribution in [-0.2, 0) is 4.74 Å². The van der Waals surface area contributed by atoms with E-state index in [-0.39, 0.29) is 6.10 Å². The summed E-state index contributed by atoms with van der Waals surface area (Å²) in [4.78, 5) is 0. The SMILES string of the molecule is CCOC(c1ccccc1)c1ccc(C)cc1. The Morgan fingerprint density at radius 2 is 1.47 bits per heavy atom. The highest BCUT2D eigenvalue weighted by molar-refractivity contribution is 5.31. The zero-order valence-corrected chi connectivity index (χ0v) is 10.4. The molecule has 0 amide bonds. The zero-order chi connectivity index (χ0) is 12.1. The molecule has 2 aromatic rings. The Labute approximate surface area is 103 Å². The van der Waals surface area contributed by atoms with Crippen molar-refractivity contribution in [1.82, 2.24) is 0 Å². The Morgan fingerprint density at radius 3 is 2.06 bits per heavy atom. The summed E-state index contributed by atoms with van der Waals surface area (Å²) in [5.41, 5.74) is 3.69. The second kappa shape index (κ2) is 5.65. The van der Waals surface area contributed by atoms with Crippen LogP contribution in [-0.4, -0.2) is 6.61 Å². The molecule has 0 fully saturated rings. The van der Waals surface area contributed by atoms with Crippen molar-refractivity contribution in [3.8, 4) is 0 Å². The Morgan fingerprint density at radius 1 is 0.882 bits per heavy atom. The van der Waals surface area contributed by atoms with Crippen molar-refractivity contribution in [2.45, 2.75) is 20.0 Å². The fourth-order valence-corrected chi connectivity index (χ4v) is 1.92. The van der Waals surface area contributed by atoms with Gasteiger partial charge in [0.2, 0.25) is 0 Å². The van der Waals surface area contributed by atoms with E-state index < -0.39 is 0 Å². The average molecular weight is 226 g/mol. The largest absolute Gasteiger partial charge is 0.369 e. The maximum atomic E-state index is 5.85. The number of aryl methyl sites for hydroxylation is 1. The van der Waals surface area contributed by atoms with E-state index in [9.17, 15) is 0 Å². The van der Waals surface area contributed by atoms with Gasteiger partial charge in [0.25, 0.3) is 0 Å². The number of hydrogen-bond donors (Lipinski definition) is 0. The van der Waals surface area contributed by atoms with Gasteiger partial charge < -0.3 is 4.74 Å². The molecule has 0 N–H and O–H groups in total. The minimum atomic E-state index is 0.0433. The van der Waals surface area contributed by atoms with Gasteiger partial charge in [-0.3, -0.25) is 0 Å². The highest BCUT2D eigenvalue weighted by atomic mass is 16.5. The van der Waals surface area contributed by atoms with E-state index in [0.29, 0.717) is 6.61 Å². The quantitative estimate of drug-likeness (QED) is 0.762. The first-order chi connectivity index (χ1) is 8.31. The molecule has 0 aliphatic carbocycles. The van der Waals surface area contributed by atoms with Crippen molar-refractivity contribution in [3.63, 3.8) is 0 Å². The summed E-state index contributed by atoms with van der Waals surface area (Å²) in [6.45, 7) is 4.85. The Hall–Kier alpha value is -1.60. The molecule has 0 saturated carbocycles. The Bertz CT molecular complexity index is 445. The number of hydrogen-bond acceptors (Lipinski definition) is 1. The molecule has 1 atom stereocenters. The number of rotatable bonds is 4. The van der Waals surface area contributed by atoms with E-state index in [2.05, 4.69) is 55.5 Å². The van der Waals surface area contributed by atoms with E-state index >= 15 is 0 Å². The maximum absolute atomic E-state index is 5.85. The monoisotopic (exact) mass is 226 g/mol. The van der Waals surface area contributed by atoms with Gasteiger partial charge in [-0.1, -0.05) is 60.2 Å². The molecule has 0 bridgehead atoms. The van der Waals surface area contributed by atoms with Crippen LogP contribution in [0.3, 0.4) is 0 Å². The summed E-state index contributed by atoms with van der Waals surface area (Å²) in [5, 5.41) is 0. The lowest BCUT2D eigenvalue weighted by molar-refractivity contribution is 0.0913. The van der Waals surface area contributed by atoms with Crippen LogP contribution in [0.25, 0.3) is 0 Å². The summed E-state index contributed by atoms with van der Waals surface area (Å²) in [7, 11) is 0. The predicted octanol–water partition coefficient (Wildman–Crippen LogP) is 4.12. The molecule has 1 nitrogen and oxygen atoms in total. The van der Waals surface area contributed by atoms with Gasteiger partial charge >= 0.3 is 0 Å². The summed E-state index contributed by atoms with van der Waals surface area (Å²) >= 11 is 0. The first-order valence-electron chi connectivity index (χ1n) is 6.04. The second-order valence-electron chi connectivity index (χ2n) is 4.16. The van der Waals surface area contributed by atoms with Gasteiger partial charge in [0, 0.05) is 6.61 Å². The van der Waals surface area contributed by atoms with E-state index in [1.54, 1.807) is 0 Å². The molecule has 0 heterocycles. The van der Waals surface area contributed by atoms with Crippen LogP contribution >= 0.6 is 0 Å². The lowest BCUT2D eigenvalue weighted by Crippen LogP contribution is -2.05. The van der Waals surface area contributed by atoms with Gasteiger partial charge in [0.1, 0.15) is 6.10 Å². The van der Waals surface area contributed by atoms with E-state index in [1.807, 2.05) is 13.0 Å². The molecule has 88 valence electrons. The Kier molecular flexibility index (Phi) is 3.94. The molecule has 0 spiro atoms. The highest BCUT2D eigenvalue weighted by Gasteiger charge is 2.13. The van der Waals surface area contributed by atoms with Crippen molar-refractivity contribution in [1.29, 1.82) is 0 Å². The van der Waals surface area contributed by atoms with Crippen LogP contribution in [0.4, 0.5) is 0 Å². The highest BCUT2D eigenvalue weighted by Crippen LogP contribution is 2.25. The van der Waals surface area contributed by atoms with Crippen molar-refractivity contribution in [2.24, 2.45) is 0 Å². The van der Waals surface area contributed by atoms with Gasteiger partial charge in [-0.25, -0.2) is 0 Å². The lowest BCUT2D eigenvalue weighted by atomic mass is 10.0. The van der Waals surface area contributed by atoms with Crippen molar-refractivity contribution in [3.05, 3.63) is 71.3 Å². The maximum Gasteiger partial charge on any atom is 0.108 e. The smallest absolute Gasteiger partial charge is 0.108 e. The molecule has 1 unspecified atom stereocenters. The van der Waals surface area contributed by atoms with Gasteiger partial charge in [-0.2, -0.15) is 0 Å². The van der Waals surface area contributed by atoms with Gasteiger partial charge in [0.15, 0.2) is 0 Å².